The Balaban J connectivity index is 2.04. The third kappa shape index (κ3) is 5.34. The van der Waals surface area contributed by atoms with E-state index in [0.29, 0.717) is 12.1 Å². The van der Waals surface area contributed by atoms with E-state index in [-0.39, 0.29) is 32.4 Å². The maximum absolute atomic E-state index is 11.7. The van der Waals surface area contributed by atoms with Gasteiger partial charge in [-0.2, -0.15) is 0 Å². The summed E-state index contributed by atoms with van der Waals surface area (Å²) in [6.07, 6.45) is 0. The van der Waals surface area contributed by atoms with Crippen molar-refractivity contribution in [3.8, 4) is 0 Å². The summed E-state index contributed by atoms with van der Waals surface area (Å²) in [7, 11) is 0. The summed E-state index contributed by atoms with van der Waals surface area (Å²) in [6, 6.07) is 10.3. The second kappa shape index (κ2) is 10.7. The van der Waals surface area contributed by atoms with Crippen molar-refractivity contribution in [2.45, 2.75) is 0 Å². The normalized spacial score (nSPS) is 10.9. The van der Waals surface area contributed by atoms with Crippen LogP contribution in [0.15, 0.2) is 78.3 Å². The lowest BCUT2D eigenvalue weighted by molar-refractivity contribution is -0.393. The molecule has 212 valence electrons. The molecule has 0 N–H and O–H groups in total. The van der Waals surface area contributed by atoms with Crippen molar-refractivity contribution < 1.29 is 37.4 Å². The van der Waals surface area contributed by atoms with Gasteiger partial charge in [0.1, 0.15) is 34.5 Å². The van der Waals surface area contributed by atoms with E-state index in [1.807, 2.05) is 0 Å². The second-order valence-electron chi connectivity index (χ2n) is 8.20. The lowest BCUT2D eigenvalue weighted by Crippen LogP contribution is -1.94. The zero-order valence-corrected chi connectivity index (χ0v) is 21.7. The summed E-state index contributed by atoms with van der Waals surface area (Å²) < 4.78 is 22.5. The van der Waals surface area contributed by atoms with Gasteiger partial charge >= 0.3 is 22.7 Å². The largest absolute Gasteiger partial charge is 0.450 e. The molecule has 0 spiro atoms. The first kappa shape index (κ1) is 27.8. The number of benzene rings is 4. The lowest BCUT2D eigenvalue weighted by Gasteiger charge is -2.01. The first-order chi connectivity index (χ1) is 19.9. The fourth-order valence-corrected chi connectivity index (χ4v) is 4.14. The molecule has 4 heterocycles. The summed E-state index contributed by atoms with van der Waals surface area (Å²) in [4.78, 5) is 43.3. The van der Waals surface area contributed by atoms with E-state index in [4.69, 9.17) is 40.9 Å². The minimum atomic E-state index is -0.905. The first-order valence-electron chi connectivity index (χ1n) is 11.2. The van der Waals surface area contributed by atoms with E-state index >= 15 is 0 Å². The van der Waals surface area contributed by atoms with E-state index in [0.717, 1.165) is 24.3 Å². The molecule has 0 unspecified atom stereocenters. The number of hydrogen-bond acceptors (Lipinski definition) is 12. The van der Waals surface area contributed by atoms with Crippen LogP contribution < -0.4 is 0 Å². The molecule has 18 heteroatoms. The lowest BCUT2D eigenvalue weighted by atomic mass is 10.2. The van der Waals surface area contributed by atoms with Gasteiger partial charge in [-0.3, -0.25) is 40.5 Å². The molecule has 0 aliphatic heterocycles. The number of non-ortho nitro benzene ring substituents is 4. The maximum atomic E-state index is 11.7. The SMILES string of the molecule is O=[N+]([O-])c1cc([N+](=O)[O-])c2cc1oc1ccc(oc3cc(oc4ccc(o2)c(Cl)c4)c([N+](=O)[O-])cc3[N+](=O)[O-])c(Cl)c1. The van der Waals surface area contributed by atoms with Crippen LogP contribution in [-0.4, -0.2) is 19.7 Å². The van der Waals surface area contributed by atoms with E-state index in [2.05, 4.69) is 0 Å². The Morgan fingerprint density at radius 3 is 1.02 bits per heavy atom. The number of nitro benzene ring substituents is 4. The monoisotopic (exact) mass is 616 g/mol. The van der Waals surface area contributed by atoms with Gasteiger partial charge in [-0.1, -0.05) is 23.2 Å². The molecule has 8 rings (SSSR count). The second-order valence-corrected chi connectivity index (χ2v) is 9.01. The minimum absolute atomic E-state index is 0.0963. The minimum Gasteiger partial charge on any atom is -0.450 e. The van der Waals surface area contributed by atoms with Gasteiger partial charge in [0.15, 0.2) is 0 Å². The molecule has 0 aliphatic carbocycles. The Bertz CT molecular complexity index is 2010. The quantitative estimate of drug-likeness (QED) is 0.137. The number of halogens is 2. The topological polar surface area (TPSA) is 225 Å². The third-order valence-corrected chi connectivity index (χ3v) is 6.16. The highest BCUT2D eigenvalue weighted by atomic mass is 35.5. The van der Waals surface area contributed by atoms with Gasteiger partial charge < -0.3 is 17.7 Å². The molecule has 0 atom stereocenters. The van der Waals surface area contributed by atoms with Crippen molar-refractivity contribution in [3.05, 3.63) is 111 Å². The fourth-order valence-electron chi connectivity index (χ4n) is 3.72. The maximum Gasteiger partial charge on any atom is 0.318 e. The predicted molar refractivity (Wildman–Crippen MR) is 146 cm³/mol. The Morgan fingerprint density at radius 2 is 0.738 bits per heavy atom. The van der Waals surface area contributed by atoms with Crippen LogP contribution in [-0.2, 0) is 0 Å². The number of rotatable bonds is 4. The van der Waals surface area contributed by atoms with Crippen molar-refractivity contribution >= 4 is 90.6 Å². The van der Waals surface area contributed by atoms with E-state index in [9.17, 15) is 40.5 Å². The van der Waals surface area contributed by atoms with Gasteiger partial charge in [0.25, 0.3) is 0 Å². The van der Waals surface area contributed by atoms with E-state index < -0.39 is 64.8 Å². The van der Waals surface area contributed by atoms with E-state index in [1.165, 1.54) is 24.3 Å². The first-order valence-corrected chi connectivity index (χ1v) is 11.9. The molecular weight excluding hydrogens is 607 g/mol. The van der Waals surface area contributed by atoms with Crippen molar-refractivity contribution in [2.75, 3.05) is 0 Å². The van der Waals surface area contributed by atoms with Gasteiger partial charge in [-0.15, -0.1) is 0 Å². The predicted octanol–water partition coefficient (Wildman–Crippen LogP) is 8.42. The molecule has 4 aromatic carbocycles. The van der Waals surface area contributed by atoms with Gasteiger partial charge in [0, 0.05) is 24.3 Å². The molecule has 0 fully saturated rings. The Hall–Kier alpha value is -5.74. The molecule has 42 heavy (non-hydrogen) atoms. The van der Waals surface area contributed by atoms with Crippen LogP contribution in [0.4, 0.5) is 22.7 Å². The zero-order valence-electron chi connectivity index (χ0n) is 20.2. The molecule has 0 aliphatic rings. The summed E-state index contributed by atoms with van der Waals surface area (Å²) in [5, 5.41) is 46.5. The number of nitro groups is 4. The molecule has 4 aromatic heterocycles. The van der Waals surface area contributed by atoms with Crippen molar-refractivity contribution in [2.24, 2.45) is 0 Å². The Morgan fingerprint density at radius 1 is 0.429 bits per heavy atom. The standard InChI is InChI=1S/C24H10Cl2N4O12/c25-13-5-11-1-3-19(13)41-23-10-22(16(28(33)34)8-17(23)29(35)36)40-12-2-4-20(14(26)6-12)42-24-9-21(39-11)15(27(31)32)7-18(24)30(37)38/h1-10H. The molecule has 16 nitrogen and oxygen atoms in total. The molecule has 0 saturated carbocycles. The van der Waals surface area contributed by atoms with Crippen molar-refractivity contribution in [1.29, 1.82) is 0 Å². The molecular formula is C24H10Cl2N4O12. The summed E-state index contributed by atoms with van der Waals surface area (Å²) in [5.41, 5.74) is -5.50. The van der Waals surface area contributed by atoms with Gasteiger partial charge in [0.2, 0.25) is 22.3 Å². The van der Waals surface area contributed by atoms with Gasteiger partial charge in [0.05, 0.1) is 29.7 Å². The van der Waals surface area contributed by atoms with Crippen LogP contribution in [0.2, 0.25) is 10.0 Å². The molecule has 8 bridgehead atoms. The highest BCUT2D eigenvalue weighted by Crippen LogP contribution is 2.35. The van der Waals surface area contributed by atoms with E-state index in [1.54, 1.807) is 0 Å². The van der Waals surface area contributed by atoms with Crippen LogP contribution in [0.5, 0.6) is 0 Å². The van der Waals surface area contributed by atoms with Crippen LogP contribution in [0.25, 0.3) is 44.7 Å². The number of nitrogens with zero attached hydrogens (tertiary/aromatic N) is 4. The van der Waals surface area contributed by atoms with Crippen LogP contribution in [0.3, 0.4) is 0 Å². The Kier molecular flexibility index (Phi) is 7.07. The highest BCUT2D eigenvalue weighted by Gasteiger charge is 2.25. The Labute approximate surface area is 239 Å². The molecule has 0 radical (unpaired) electrons. The molecule has 8 aromatic rings. The van der Waals surface area contributed by atoms with Crippen LogP contribution in [0, 0.1) is 40.5 Å². The fraction of sp³-hybridized carbons (Fsp3) is 0. The van der Waals surface area contributed by atoms with Crippen LogP contribution >= 0.6 is 23.2 Å². The van der Waals surface area contributed by atoms with Crippen LogP contribution in [0.1, 0.15) is 0 Å². The van der Waals surface area contributed by atoms with Gasteiger partial charge in [-0.25, -0.2) is 0 Å². The molecule has 0 saturated heterocycles. The zero-order chi connectivity index (χ0) is 30.3. The summed E-state index contributed by atoms with van der Waals surface area (Å²) >= 11 is 12.6. The average molecular weight is 617 g/mol. The average Bonchev–Trinajstić information content (AvgIpc) is 2.90. The van der Waals surface area contributed by atoms with Crippen molar-refractivity contribution in [3.63, 3.8) is 0 Å². The number of hydrogen-bond donors (Lipinski definition) is 0. The van der Waals surface area contributed by atoms with Gasteiger partial charge in [-0.05, 0) is 24.3 Å². The smallest absolute Gasteiger partial charge is 0.318 e. The summed E-state index contributed by atoms with van der Waals surface area (Å²) in [5.74, 6) is 0. The third-order valence-electron chi connectivity index (χ3n) is 5.57. The summed E-state index contributed by atoms with van der Waals surface area (Å²) in [6.45, 7) is 0. The highest BCUT2D eigenvalue weighted by molar-refractivity contribution is 6.34. The molecule has 0 amide bonds. The van der Waals surface area contributed by atoms with Crippen molar-refractivity contribution in [1.82, 2.24) is 0 Å².